The molecular formula is C17H23N5. The summed E-state index contributed by atoms with van der Waals surface area (Å²) >= 11 is 0. The van der Waals surface area contributed by atoms with E-state index < -0.39 is 0 Å². The minimum Gasteiger partial charge on any atom is -0.347 e. The molecule has 1 aliphatic rings. The first kappa shape index (κ1) is 14.9. The van der Waals surface area contributed by atoms with E-state index in [1.165, 1.54) is 5.56 Å². The highest BCUT2D eigenvalue weighted by molar-refractivity contribution is 5.27. The lowest BCUT2D eigenvalue weighted by atomic mass is 9.95. The highest BCUT2D eigenvalue weighted by Gasteiger charge is 2.31. The number of nitrogens with two attached hydrogens (primary N) is 1. The predicted octanol–water partition coefficient (Wildman–Crippen LogP) is 1.47. The van der Waals surface area contributed by atoms with E-state index in [1.54, 1.807) is 0 Å². The standard InChI is InChI=1S/C17H23N5/c1-21(2)17-19-9-8-14(20-17)10-22-11-15(16(18)12-22)13-6-4-3-5-7-13/h3-9,15-16H,10-12,18H2,1-2H3/t15-,16+/m0/s1. The van der Waals surface area contributed by atoms with Gasteiger partial charge in [0, 0.05) is 51.9 Å². The average molecular weight is 297 g/mol. The Morgan fingerprint density at radius 2 is 1.95 bits per heavy atom. The van der Waals surface area contributed by atoms with Crippen LogP contribution in [0.1, 0.15) is 17.2 Å². The van der Waals surface area contributed by atoms with Crippen LogP contribution in [-0.2, 0) is 6.54 Å². The second-order valence-electron chi connectivity index (χ2n) is 6.12. The van der Waals surface area contributed by atoms with Crippen LogP contribution in [0.4, 0.5) is 5.95 Å². The topological polar surface area (TPSA) is 58.3 Å². The van der Waals surface area contributed by atoms with E-state index in [-0.39, 0.29) is 6.04 Å². The van der Waals surface area contributed by atoms with E-state index in [0.717, 1.165) is 31.3 Å². The molecule has 1 aliphatic heterocycles. The second-order valence-corrected chi connectivity index (χ2v) is 6.12. The summed E-state index contributed by atoms with van der Waals surface area (Å²) in [7, 11) is 3.91. The van der Waals surface area contributed by atoms with Crippen molar-refractivity contribution in [2.75, 3.05) is 32.1 Å². The highest BCUT2D eigenvalue weighted by atomic mass is 15.2. The van der Waals surface area contributed by atoms with Gasteiger partial charge in [-0.3, -0.25) is 4.90 Å². The van der Waals surface area contributed by atoms with Crippen molar-refractivity contribution in [2.24, 2.45) is 5.73 Å². The molecule has 116 valence electrons. The molecule has 0 aliphatic carbocycles. The fourth-order valence-electron chi connectivity index (χ4n) is 3.01. The van der Waals surface area contributed by atoms with Gasteiger partial charge >= 0.3 is 0 Å². The van der Waals surface area contributed by atoms with Crippen LogP contribution < -0.4 is 10.6 Å². The molecule has 0 spiro atoms. The molecule has 0 radical (unpaired) electrons. The molecule has 1 fully saturated rings. The summed E-state index contributed by atoms with van der Waals surface area (Å²) in [5.41, 5.74) is 8.72. The van der Waals surface area contributed by atoms with Crippen LogP contribution in [0.15, 0.2) is 42.6 Å². The number of anilines is 1. The van der Waals surface area contributed by atoms with Crippen LogP contribution in [0.5, 0.6) is 0 Å². The van der Waals surface area contributed by atoms with Crippen LogP contribution in [0.3, 0.4) is 0 Å². The molecule has 0 bridgehead atoms. The van der Waals surface area contributed by atoms with Gasteiger partial charge in [-0.25, -0.2) is 9.97 Å². The van der Waals surface area contributed by atoms with Crippen molar-refractivity contribution in [3.05, 3.63) is 53.9 Å². The highest BCUT2D eigenvalue weighted by Crippen LogP contribution is 2.27. The van der Waals surface area contributed by atoms with Gasteiger partial charge in [0.2, 0.25) is 5.95 Å². The maximum Gasteiger partial charge on any atom is 0.225 e. The Balaban J connectivity index is 1.69. The molecule has 22 heavy (non-hydrogen) atoms. The second kappa shape index (κ2) is 6.42. The SMILES string of the molecule is CN(C)c1nccc(CN2C[C@@H](N)[C@H](c3ccccc3)C2)n1. The molecule has 0 unspecified atom stereocenters. The number of aromatic nitrogens is 2. The van der Waals surface area contributed by atoms with E-state index in [4.69, 9.17) is 5.73 Å². The van der Waals surface area contributed by atoms with Crippen molar-refractivity contribution in [1.29, 1.82) is 0 Å². The van der Waals surface area contributed by atoms with Gasteiger partial charge in [-0.1, -0.05) is 30.3 Å². The first-order valence-corrected chi connectivity index (χ1v) is 7.65. The Labute approximate surface area is 131 Å². The van der Waals surface area contributed by atoms with Gasteiger partial charge in [0.05, 0.1) is 5.69 Å². The number of rotatable bonds is 4. The van der Waals surface area contributed by atoms with Gasteiger partial charge < -0.3 is 10.6 Å². The molecule has 5 nitrogen and oxygen atoms in total. The Bertz CT molecular complexity index is 613. The zero-order chi connectivity index (χ0) is 15.5. The van der Waals surface area contributed by atoms with Gasteiger partial charge in [0.15, 0.2) is 0 Å². The predicted molar refractivity (Wildman–Crippen MR) is 88.8 cm³/mol. The van der Waals surface area contributed by atoms with Gasteiger partial charge in [0.1, 0.15) is 0 Å². The van der Waals surface area contributed by atoms with Crippen LogP contribution in [0.2, 0.25) is 0 Å². The molecule has 3 rings (SSSR count). The van der Waals surface area contributed by atoms with Gasteiger partial charge in [-0.2, -0.15) is 0 Å². The lowest BCUT2D eigenvalue weighted by Crippen LogP contribution is -2.28. The summed E-state index contributed by atoms with van der Waals surface area (Å²) in [6, 6.07) is 12.7. The zero-order valence-corrected chi connectivity index (χ0v) is 13.2. The third kappa shape index (κ3) is 3.26. The maximum atomic E-state index is 6.35. The molecule has 2 N–H and O–H groups in total. The molecule has 2 atom stereocenters. The van der Waals surface area contributed by atoms with Crippen molar-refractivity contribution in [1.82, 2.24) is 14.9 Å². The molecule has 1 saturated heterocycles. The molecule has 1 aromatic heterocycles. The van der Waals surface area contributed by atoms with Crippen molar-refractivity contribution < 1.29 is 0 Å². The Kier molecular flexibility index (Phi) is 4.36. The summed E-state index contributed by atoms with van der Waals surface area (Å²) in [6.45, 7) is 2.70. The van der Waals surface area contributed by atoms with Gasteiger partial charge in [0.25, 0.3) is 0 Å². The number of nitrogens with zero attached hydrogens (tertiary/aromatic N) is 4. The summed E-state index contributed by atoms with van der Waals surface area (Å²) < 4.78 is 0. The number of hydrogen-bond acceptors (Lipinski definition) is 5. The van der Waals surface area contributed by atoms with Gasteiger partial charge in [-0.15, -0.1) is 0 Å². The van der Waals surface area contributed by atoms with Crippen molar-refractivity contribution in [2.45, 2.75) is 18.5 Å². The number of benzene rings is 1. The first-order valence-electron chi connectivity index (χ1n) is 7.65. The smallest absolute Gasteiger partial charge is 0.225 e. The summed E-state index contributed by atoms with van der Waals surface area (Å²) in [6.07, 6.45) is 1.82. The molecule has 2 heterocycles. The van der Waals surface area contributed by atoms with E-state index in [1.807, 2.05) is 37.3 Å². The molecule has 1 aromatic carbocycles. The molecular weight excluding hydrogens is 274 g/mol. The lowest BCUT2D eigenvalue weighted by molar-refractivity contribution is 0.319. The van der Waals surface area contributed by atoms with Crippen LogP contribution >= 0.6 is 0 Å². The van der Waals surface area contributed by atoms with Crippen molar-refractivity contribution in [3.63, 3.8) is 0 Å². The fraction of sp³-hybridized carbons (Fsp3) is 0.412. The van der Waals surface area contributed by atoms with E-state index in [2.05, 4.69) is 39.1 Å². The molecule has 5 heteroatoms. The monoisotopic (exact) mass is 297 g/mol. The largest absolute Gasteiger partial charge is 0.347 e. The van der Waals surface area contributed by atoms with Crippen molar-refractivity contribution in [3.8, 4) is 0 Å². The van der Waals surface area contributed by atoms with E-state index in [9.17, 15) is 0 Å². The minimum atomic E-state index is 0.178. The molecule has 0 amide bonds. The summed E-state index contributed by atoms with van der Waals surface area (Å²) in [4.78, 5) is 13.2. The Hall–Kier alpha value is -1.98. The quantitative estimate of drug-likeness (QED) is 0.926. The van der Waals surface area contributed by atoms with Gasteiger partial charge in [-0.05, 0) is 11.6 Å². The lowest BCUT2D eigenvalue weighted by Gasteiger charge is -2.17. The third-order valence-corrected chi connectivity index (χ3v) is 4.15. The summed E-state index contributed by atoms with van der Waals surface area (Å²) in [5, 5.41) is 0. The summed E-state index contributed by atoms with van der Waals surface area (Å²) in [5.74, 6) is 1.15. The van der Waals surface area contributed by atoms with Crippen LogP contribution in [0.25, 0.3) is 0 Å². The minimum absolute atomic E-state index is 0.178. The zero-order valence-electron chi connectivity index (χ0n) is 13.2. The normalized spacial score (nSPS) is 22.0. The Morgan fingerprint density at radius 1 is 1.18 bits per heavy atom. The Morgan fingerprint density at radius 3 is 2.68 bits per heavy atom. The van der Waals surface area contributed by atoms with Crippen LogP contribution in [-0.4, -0.2) is 48.1 Å². The van der Waals surface area contributed by atoms with E-state index in [0.29, 0.717) is 5.92 Å². The molecule has 2 aromatic rings. The molecule has 0 saturated carbocycles. The van der Waals surface area contributed by atoms with Crippen LogP contribution in [0, 0.1) is 0 Å². The maximum absolute atomic E-state index is 6.35. The average Bonchev–Trinajstić information content (AvgIpc) is 2.89. The van der Waals surface area contributed by atoms with E-state index >= 15 is 0 Å². The fourth-order valence-corrected chi connectivity index (χ4v) is 3.01. The number of likely N-dealkylation sites (tertiary alicyclic amines) is 1. The number of hydrogen-bond donors (Lipinski definition) is 1. The first-order chi connectivity index (χ1) is 10.6. The third-order valence-electron chi connectivity index (χ3n) is 4.15. The van der Waals surface area contributed by atoms with Crippen molar-refractivity contribution >= 4 is 5.95 Å².